The second kappa shape index (κ2) is 10.2. The monoisotopic (exact) mass is 554 g/mol. The molecule has 0 radical (unpaired) electrons. The number of fused-ring (bicyclic) bond motifs is 10. The fourth-order valence-corrected chi connectivity index (χ4v) is 15.2. The van der Waals surface area contributed by atoms with Gasteiger partial charge in [0.15, 0.2) is 12.6 Å². The van der Waals surface area contributed by atoms with E-state index in [1.165, 1.54) is 89.9 Å². The summed E-state index contributed by atoms with van der Waals surface area (Å²) >= 11 is 0. The molecule has 0 heterocycles. The van der Waals surface area contributed by atoms with Crippen molar-refractivity contribution in [3.8, 4) is 0 Å². The number of aliphatic hydroxyl groups excluding tert-OH is 2. The lowest BCUT2D eigenvalue weighted by Gasteiger charge is -2.68. The second-order valence-corrected chi connectivity index (χ2v) is 17.1. The van der Waals surface area contributed by atoms with E-state index >= 15 is 0 Å². The van der Waals surface area contributed by atoms with E-state index in [4.69, 9.17) is 0 Å². The Morgan fingerprint density at radius 1 is 0.450 bits per heavy atom. The maximum atomic E-state index is 11.6. The molecular weight excluding hydrogens is 496 g/mol. The zero-order valence-corrected chi connectivity index (χ0v) is 25.0. The molecule has 0 aromatic heterocycles. The van der Waals surface area contributed by atoms with Gasteiger partial charge in [-0.25, -0.2) is 0 Å². The average Bonchev–Trinajstić information content (AvgIpc) is 3.65. The van der Waals surface area contributed by atoms with Crippen molar-refractivity contribution >= 4 is 0 Å². The van der Waals surface area contributed by atoms with Gasteiger partial charge in [-0.1, -0.05) is 25.7 Å². The van der Waals surface area contributed by atoms with Gasteiger partial charge in [0.05, 0.1) is 0 Å². The Balaban J connectivity index is 1.12. The Morgan fingerprint density at radius 3 is 1.68 bits per heavy atom. The highest BCUT2D eigenvalue weighted by atomic mass is 16.5. The fourth-order valence-electron chi connectivity index (χ4n) is 15.2. The molecule has 226 valence electrons. The van der Waals surface area contributed by atoms with E-state index in [-0.39, 0.29) is 11.3 Å². The predicted octanol–water partition coefficient (Wildman–Crippen LogP) is 6.89. The Kier molecular flexibility index (Phi) is 6.99. The number of hydrogen-bond donors (Lipinski definition) is 4. The molecule has 40 heavy (non-hydrogen) atoms. The van der Waals surface area contributed by atoms with Crippen molar-refractivity contribution in [2.75, 3.05) is 0 Å². The molecule has 0 aromatic carbocycles. The van der Waals surface area contributed by atoms with E-state index in [2.05, 4.69) is 0 Å². The third-order valence-electron chi connectivity index (χ3n) is 16.5. The van der Waals surface area contributed by atoms with Crippen molar-refractivity contribution in [3.63, 3.8) is 0 Å². The summed E-state index contributed by atoms with van der Waals surface area (Å²) in [6, 6.07) is 0. The molecule has 9 unspecified atom stereocenters. The molecule has 8 aliphatic rings. The minimum atomic E-state index is -1.28. The quantitative estimate of drug-likeness (QED) is 0.287. The van der Waals surface area contributed by atoms with E-state index in [0.717, 1.165) is 85.9 Å². The van der Waals surface area contributed by atoms with Crippen LogP contribution >= 0.6 is 0 Å². The number of rotatable bonds is 3. The third-order valence-corrected chi connectivity index (χ3v) is 16.5. The molecule has 0 bridgehead atoms. The SMILES string of the molecule is OC(O)C1CC[C@@H]2[C@H]3CC[C@@H]4CCC[C@H]4[C@@H]3CCC2(C2(C(O)O)CCC3C(CCC4C5CCCC5CCC34)C2)C1. The van der Waals surface area contributed by atoms with Crippen LogP contribution in [0, 0.1) is 81.8 Å². The van der Waals surface area contributed by atoms with E-state index in [0.29, 0.717) is 17.8 Å². The summed E-state index contributed by atoms with van der Waals surface area (Å²) in [7, 11) is 0. The maximum Gasteiger partial charge on any atom is 0.157 e. The molecule has 4 heteroatoms. The lowest BCUT2D eigenvalue weighted by Crippen LogP contribution is -2.64. The minimum Gasteiger partial charge on any atom is -0.368 e. The molecule has 0 aliphatic heterocycles. The van der Waals surface area contributed by atoms with Crippen LogP contribution in [0.25, 0.3) is 0 Å². The summed E-state index contributed by atoms with van der Waals surface area (Å²) in [4.78, 5) is 0. The van der Waals surface area contributed by atoms with Gasteiger partial charge in [0.1, 0.15) is 0 Å². The van der Waals surface area contributed by atoms with Gasteiger partial charge in [-0.15, -0.1) is 0 Å². The first kappa shape index (κ1) is 27.4. The molecule has 0 amide bonds. The van der Waals surface area contributed by atoms with E-state index in [1.807, 2.05) is 0 Å². The van der Waals surface area contributed by atoms with Gasteiger partial charge in [0.2, 0.25) is 0 Å². The third kappa shape index (κ3) is 3.89. The highest BCUT2D eigenvalue weighted by Crippen LogP contribution is 2.73. The standard InChI is InChI=1S/C36H58O4/c37-33(38)24-10-14-32-31-13-8-22-4-2-6-26(22)30(31)16-17-35(32,20-24)36(34(39)40)18-15-27-23(19-36)9-12-28-25-5-1-3-21(25)7-11-29(27)28/h21-34,37-40H,1-20H2/t21?,22-,23?,24?,25?,26+,27?,28?,29?,30-,31-,32+,35?,36?/m0/s1. The van der Waals surface area contributed by atoms with Crippen LogP contribution in [-0.4, -0.2) is 33.0 Å². The molecule has 0 saturated heterocycles. The topological polar surface area (TPSA) is 80.9 Å². The molecule has 14 atom stereocenters. The lowest BCUT2D eigenvalue weighted by atomic mass is 9.37. The van der Waals surface area contributed by atoms with Gasteiger partial charge in [-0.05, 0) is 173 Å². The van der Waals surface area contributed by atoms with Crippen LogP contribution in [0.5, 0.6) is 0 Å². The van der Waals surface area contributed by atoms with Crippen LogP contribution in [-0.2, 0) is 0 Å². The van der Waals surface area contributed by atoms with Crippen LogP contribution in [0.1, 0.15) is 128 Å². The van der Waals surface area contributed by atoms with E-state index in [1.54, 1.807) is 0 Å². The molecule has 8 rings (SSSR count). The zero-order valence-electron chi connectivity index (χ0n) is 25.0. The predicted molar refractivity (Wildman–Crippen MR) is 156 cm³/mol. The molecule has 0 spiro atoms. The largest absolute Gasteiger partial charge is 0.368 e. The van der Waals surface area contributed by atoms with E-state index < -0.39 is 18.0 Å². The van der Waals surface area contributed by atoms with Gasteiger partial charge in [0, 0.05) is 11.3 Å². The van der Waals surface area contributed by atoms with Crippen LogP contribution in [0.15, 0.2) is 0 Å². The Labute approximate surface area is 243 Å². The van der Waals surface area contributed by atoms with Crippen molar-refractivity contribution in [1.82, 2.24) is 0 Å². The molecular formula is C36H58O4. The Bertz CT molecular complexity index is 934. The van der Waals surface area contributed by atoms with Crippen LogP contribution < -0.4 is 0 Å². The van der Waals surface area contributed by atoms with Crippen molar-refractivity contribution in [2.24, 2.45) is 81.8 Å². The summed E-state index contributed by atoms with van der Waals surface area (Å²) in [6.07, 6.45) is 22.6. The first-order valence-corrected chi connectivity index (χ1v) is 18.1. The second-order valence-electron chi connectivity index (χ2n) is 17.1. The zero-order chi connectivity index (χ0) is 27.2. The van der Waals surface area contributed by atoms with Crippen molar-refractivity contribution in [3.05, 3.63) is 0 Å². The first-order chi connectivity index (χ1) is 19.4. The lowest BCUT2D eigenvalue weighted by molar-refractivity contribution is -0.276. The Hall–Kier alpha value is -0.160. The summed E-state index contributed by atoms with van der Waals surface area (Å²) in [6.45, 7) is 0. The summed E-state index contributed by atoms with van der Waals surface area (Å²) < 4.78 is 0. The molecule has 8 fully saturated rings. The number of hydrogen-bond acceptors (Lipinski definition) is 4. The van der Waals surface area contributed by atoms with Crippen LogP contribution in [0.3, 0.4) is 0 Å². The van der Waals surface area contributed by atoms with Crippen molar-refractivity contribution < 1.29 is 20.4 Å². The van der Waals surface area contributed by atoms with Crippen LogP contribution in [0.4, 0.5) is 0 Å². The van der Waals surface area contributed by atoms with E-state index in [9.17, 15) is 20.4 Å². The van der Waals surface area contributed by atoms with Crippen molar-refractivity contribution in [2.45, 2.75) is 141 Å². The molecule has 4 nitrogen and oxygen atoms in total. The molecule has 0 aromatic rings. The Morgan fingerprint density at radius 2 is 1.02 bits per heavy atom. The fraction of sp³-hybridized carbons (Fsp3) is 1.00. The smallest absolute Gasteiger partial charge is 0.157 e. The van der Waals surface area contributed by atoms with Gasteiger partial charge in [-0.2, -0.15) is 0 Å². The average molecular weight is 555 g/mol. The normalized spacial score (nSPS) is 55.6. The van der Waals surface area contributed by atoms with Crippen LogP contribution in [0.2, 0.25) is 0 Å². The van der Waals surface area contributed by atoms with Crippen molar-refractivity contribution in [1.29, 1.82) is 0 Å². The summed E-state index contributed by atoms with van der Waals surface area (Å²) in [5.41, 5.74) is -0.618. The molecule has 8 aliphatic carbocycles. The first-order valence-electron chi connectivity index (χ1n) is 18.1. The number of aliphatic hydroxyl groups is 4. The minimum absolute atomic E-state index is 0.114. The van der Waals surface area contributed by atoms with Gasteiger partial charge < -0.3 is 20.4 Å². The summed E-state index contributed by atoms with van der Waals surface area (Å²) in [5, 5.41) is 44.1. The molecule has 8 saturated carbocycles. The summed E-state index contributed by atoms with van der Waals surface area (Å²) in [5.74, 6) is 9.06. The van der Waals surface area contributed by atoms with Gasteiger partial charge in [0.25, 0.3) is 0 Å². The molecule has 4 N–H and O–H groups in total. The highest BCUT2D eigenvalue weighted by molar-refractivity contribution is 5.14. The maximum absolute atomic E-state index is 11.6. The van der Waals surface area contributed by atoms with Gasteiger partial charge >= 0.3 is 0 Å². The highest BCUT2D eigenvalue weighted by Gasteiger charge is 2.67. The van der Waals surface area contributed by atoms with Gasteiger partial charge in [-0.3, -0.25) is 0 Å².